The number of Topliss-reactive ketones (excluding diaryl/α,β-unsaturated/α-hetero) is 1. The minimum atomic E-state index is -1.44. The number of rotatable bonds is 17. The van der Waals surface area contributed by atoms with Crippen molar-refractivity contribution in [1.29, 1.82) is 0 Å². The van der Waals surface area contributed by atoms with Gasteiger partial charge in [0.25, 0.3) is 11.1 Å². The van der Waals surface area contributed by atoms with Crippen molar-refractivity contribution >= 4 is 75.1 Å². The number of oxime groups is 1. The zero-order valence-electron chi connectivity index (χ0n) is 28.0. The van der Waals surface area contributed by atoms with Gasteiger partial charge in [-0.25, -0.2) is 9.55 Å². The molecule has 1 amide bonds. The van der Waals surface area contributed by atoms with Gasteiger partial charge in [-0.1, -0.05) is 16.9 Å². The van der Waals surface area contributed by atoms with E-state index in [0.29, 0.717) is 30.0 Å². The predicted octanol–water partition coefficient (Wildman–Crippen LogP) is -2.36. The van der Waals surface area contributed by atoms with Crippen molar-refractivity contribution in [3.8, 4) is 17.3 Å². The summed E-state index contributed by atoms with van der Waals surface area (Å²) in [6.07, 6.45) is 5.01. The molecule has 0 saturated carbocycles. The van der Waals surface area contributed by atoms with Gasteiger partial charge in [0.05, 0.1) is 23.0 Å². The van der Waals surface area contributed by atoms with Crippen LogP contribution in [0.1, 0.15) is 18.5 Å². The second kappa shape index (κ2) is 18.6. The maximum atomic E-state index is 13.6. The van der Waals surface area contributed by atoms with Crippen molar-refractivity contribution in [1.82, 2.24) is 25.1 Å². The van der Waals surface area contributed by atoms with E-state index in [1.807, 2.05) is 29.1 Å². The molecule has 1 saturated heterocycles. The zero-order chi connectivity index (χ0) is 36.8. The number of hydrogen-bond acceptors (Lipinski definition) is 18. The molecule has 272 valence electrons. The molecule has 4 aromatic rings. The average Bonchev–Trinajstić information content (AvgIpc) is 3.79. The Morgan fingerprint density at radius 1 is 1.23 bits per heavy atom. The summed E-state index contributed by atoms with van der Waals surface area (Å²) in [5.41, 5.74) is 5.94. The van der Waals surface area contributed by atoms with E-state index in [1.165, 1.54) is 16.7 Å². The number of aliphatic hydroxyl groups is 1. The number of aliphatic carboxylic acids is 1. The number of nitrogen functional groups attached to an aromatic ring is 1. The Kier molecular flexibility index (Phi) is 14.2. The van der Waals surface area contributed by atoms with Gasteiger partial charge in [-0.15, -0.1) is 45.1 Å². The molecule has 22 heteroatoms. The largest absolute Gasteiger partial charge is 1.00 e. The number of nitrogens with one attached hydrogen (secondary N) is 1. The number of aliphatic hydroxyl groups excluding tert-OH is 1. The normalized spacial score (nSPS) is 16.9. The molecule has 4 aromatic heterocycles. The summed E-state index contributed by atoms with van der Waals surface area (Å²) in [4.78, 5) is 65.3. The van der Waals surface area contributed by atoms with Gasteiger partial charge in [-0.05, 0) is 12.0 Å². The minimum Gasteiger partial charge on any atom is -0.543 e. The Hall–Kier alpha value is -3.70. The number of aromatic hydroxyl groups is 1. The number of carbonyl (C=O) groups excluding carboxylic acids is 3. The van der Waals surface area contributed by atoms with Gasteiger partial charge in [0.2, 0.25) is 11.3 Å². The first-order valence-corrected chi connectivity index (χ1v) is 19.5. The van der Waals surface area contributed by atoms with Crippen LogP contribution in [-0.4, -0.2) is 94.5 Å². The molecule has 0 aliphatic carbocycles. The number of carbonyl (C=O) groups is 3. The van der Waals surface area contributed by atoms with Gasteiger partial charge in [-0.3, -0.25) is 19.3 Å². The molecule has 17 nitrogen and oxygen atoms in total. The van der Waals surface area contributed by atoms with E-state index in [4.69, 9.17) is 20.1 Å². The van der Waals surface area contributed by atoms with E-state index in [0.717, 1.165) is 40.3 Å². The van der Waals surface area contributed by atoms with Crippen molar-refractivity contribution in [2.75, 3.05) is 36.2 Å². The molecule has 0 aromatic carbocycles. The van der Waals surface area contributed by atoms with Gasteiger partial charge >= 0.3 is 29.6 Å². The van der Waals surface area contributed by atoms with Crippen molar-refractivity contribution in [2.45, 2.75) is 34.9 Å². The Labute approximate surface area is 339 Å². The first-order chi connectivity index (χ1) is 25.1. The fourth-order valence-corrected chi connectivity index (χ4v) is 8.74. The maximum absolute atomic E-state index is 13.6. The number of thioether (sulfide) groups is 3. The van der Waals surface area contributed by atoms with Crippen molar-refractivity contribution < 1.29 is 73.1 Å². The number of nitrogens with zero attached hydrogens (tertiary/aromatic N) is 6. The summed E-state index contributed by atoms with van der Waals surface area (Å²) in [5, 5.41) is 43.9. The third kappa shape index (κ3) is 9.70. The number of hydrogen-bond donors (Lipinski definition) is 4. The number of aromatic amines is 1. The summed E-state index contributed by atoms with van der Waals surface area (Å²) < 4.78 is 7.38. The van der Waals surface area contributed by atoms with Gasteiger partial charge in [0, 0.05) is 58.4 Å². The van der Waals surface area contributed by atoms with Crippen molar-refractivity contribution in [3.63, 3.8) is 0 Å². The van der Waals surface area contributed by atoms with Crippen LogP contribution in [0.2, 0.25) is 0 Å². The van der Waals surface area contributed by atoms with Crippen LogP contribution < -0.4 is 50.4 Å². The summed E-state index contributed by atoms with van der Waals surface area (Å²) in [6.45, 7) is 0.538. The minimum absolute atomic E-state index is 0. The zero-order valence-corrected chi connectivity index (χ0v) is 33.3. The molecule has 1 fully saturated rings. The first-order valence-electron chi connectivity index (χ1n) is 15.6. The summed E-state index contributed by atoms with van der Waals surface area (Å²) in [5.74, 6) is -2.41. The molecule has 0 bridgehead atoms. The fourth-order valence-electron chi connectivity index (χ4n) is 5.27. The maximum Gasteiger partial charge on any atom is 1.00 e. The number of amides is 1. The number of pyridine rings is 2. The van der Waals surface area contributed by atoms with E-state index >= 15 is 0 Å². The second-order valence-corrected chi connectivity index (χ2v) is 15.3. The first kappa shape index (κ1) is 40.5. The SMILES string of the molecule is Nc1nc(/C(=N/OCCSc2nnc(-c3cc(=O)c(O)c[nH]3)o2)C(=O)C[C@@H]2C(=O)N3C(C(=O)[O-])=C(CCSc4cc[n+](CCO)cc4)CS[C@H]23)cs1.[Na+]. The number of thiazole rings is 1. The standard InChI is InChI=1S/C31H30N8O9S4.Na/c32-30-34-20(15-52-30)24(37-47-8-10-50-31-36-35-26(48-31)19-12-21(41)23(43)13-33-19)22(42)11-18-27(44)39-25(29(45)46)16(14-51-28(18)39)3-9-49-17-1-4-38(5-2-17)6-7-40;/h1-2,4-5,12-13,15,18,28,40H,3,6-11,14H2,(H4-,32,33,34,35,37,41,42,43,45,46);/q;+1/t18-,28-;/m1./s1. The van der Waals surface area contributed by atoms with Crippen LogP contribution in [0.5, 0.6) is 5.75 Å². The van der Waals surface area contributed by atoms with E-state index in [-0.39, 0.29) is 94.0 Å². The number of β-lactam (4-membered cyclic amide) rings is 1. The van der Waals surface area contributed by atoms with Gasteiger partial charge in [0.1, 0.15) is 24.6 Å². The van der Waals surface area contributed by atoms with Gasteiger partial charge in [-0.2, -0.15) is 0 Å². The molecular weight excluding hydrogens is 780 g/mol. The van der Waals surface area contributed by atoms with Gasteiger partial charge in [0.15, 0.2) is 41.3 Å². The number of aromatic nitrogens is 5. The molecule has 0 unspecified atom stereocenters. The summed E-state index contributed by atoms with van der Waals surface area (Å²) in [7, 11) is 0. The number of nitrogens with two attached hydrogens (primary N) is 1. The van der Waals surface area contributed by atoms with E-state index < -0.39 is 40.1 Å². The van der Waals surface area contributed by atoms with Crippen LogP contribution >= 0.6 is 46.6 Å². The summed E-state index contributed by atoms with van der Waals surface area (Å²) >= 11 is 5.18. The van der Waals surface area contributed by atoms with E-state index in [2.05, 4.69) is 25.3 Å². The Morgan fingerprint density at radius 2 is 2.02 bits per heavy atom. The second-order valence-electron chi connectivity index (χ2n) is 11.1. The van der Waals surface area contributed by atoms with E-state index in [1.54, 1.807) is 17.1 Å². The molecule has 6 rings (SSSR count). The molecule has 2 aliphatic rings. The molecular formula is C31H30N8NaO9S4+. The quantitative estimate of drug-likeness (QED) is 0.0166. The molecule has 53 heavy (non-hydrogen) atoms. The number of anilines is 1. The van der Waals surface area contributed by atoms with Crippen molar-refractivity contribution in [2.24, 2.45) is 11.1 Å². The van der Waals surface area contributed by atoms with Gasteiger partial charge < -0.3 is 40.1 Å². The van der Waals surface area contributed by atoms with Crippen LogP contribution in [0.4, 0.5) is 5.13 Å². The molecule has 0 radical (unpaired) electrons. The third-order valence-corrected chi connectivity index (χ3v) is 11.6. The molecule has 5 N–H and O–H groups in total. The molecule has 2 atom stereocenters. The smallest absolute Gasteiger partial charge is 0.543 e. The molecule has 2 aliphatic heterocycles. The fraction of sp³-hybridized carbons (Fsp3) is 0.323. The van der Waals surface area contributed by atoms with Crippen LogP contribution in [0, 0.1) is 5.92 Å². The van der Waals surface area contributed by atoms with Crippen molar-refractivity contribution in [3.05, 3.63) is 69.4 Å². The van der Waals surface area contributed by atoms with E-state index in [9.17, 15) is 29.4 Å². The van der Waals surface area contributed by atoms with Crippen LogP contribution in [0.15, 0.2) is 77.9 Å². The average molecular weight is 810 g/mol. The Morgan fingerprint density at radius 3 is 2.72 bits per heavy atom. The number of carboxylic acids is 1. The van der Waals surface area contributed by atoms with Crippen LogP contribution in [0.25, 0.3) is 11.6 Å². The number of H-pyrrole nitrogens is 1. The molecule has 0 spiro atoms. The summed E-state index contributed by atoms with van der Waals surface area (Å²) in [6, 6.07) is 4.96. The Balaban J connectivity index is 0.00000541. The number of ketones is 1. The van der Waals surface area contributed by atoms with Crippen LogP contribution in [-0.2, 0) is 25.8 Å². The Bertz CT molecular complexity index is 2090. The topological polar surface area (TPSA) is 254 Å². The molecule has 6 heterocycles. The number of fused-ring (bicyclic) bond motifs is 1. The predicted molar refractivity (Wildman–Crippen MR) is 189 cm³/mol. The monoisotopic (exact) mass is 809 g/mol. The van der Waals surface area contributed by atoms with Crippen LogP contribution in [0.3, 0.4) is 0 Å². The number of carboxylic acid groups (broad SMARTS) is 1. The third-order valence-electron chi connectivity index (χ3n) is 7.76.